The molecule has 114 valence electrons. The van der Waals surface area contributed by atoms with E-state index in [1.165, 1.54) is 16.0 Å². The van der Waals surface area contributed by atoms with Crippen LogP contribution in [0.25, 0.3) is 6.08 Å². The van der Waals surface area contributed by atoms with Crippen molar-refractivity contribution in [3.05, 3.63) is 69.8 Å². The van der Waals surface area contributed by atoms with Crippen LogP contribution in [0.4, 0.5) is 0 Å². The molecule has 2 aromatic carbocycles. The smallest absolute Gasteiger partial charge is 0.130 e. The Balaban J connectivity index is 2.28. The van der Waals surface area contributed by atoms with Gasteiger partial charge in [0.1, 0.15) is 17.7 Å². The molecule has 0 amide bonds. The minimum absolute atomic E-state index is 0.135. The van der Waals surface area contributed by atoms with Crippen molar-refractivity contribution in [3.8, 4) is 12.1 Å². The Bertz CT molecular complexity index is 802. The molecule has 0 N–H and O–H groups in total. The van der Waals surface area contributed by atoms with Gasteiger partial charge in [0.15, 0.2) is 0 Å². The van der Waals surface area contributed by atoms with E-state index >= 15 is 0 Å². The number of hydrogen-bond acceptors (Lipinski definition) is 3. The molecule has 2 aromatic rings. The van der Waals surface area contributed by atoms with Crippen LogP contribution < -0.4 is 0 Å². The van der Waals surface area contributed by atoms with E-state index < -0.39 is 0 Å². The number of nitriles is 2. The van der Waals surface area contributed by atoms with Crippen molar-refractivity contribution >= 4 is 17.8 Å². The molecule has 0 radical (unpaired) electrons. The predicted molar refractivity (Wildman–Crippen MR) is 95.9 cm³/mol. The first kappa shape index (κ1) is 16.9. The van der Waals surface area contributed by atoms with Crippen molar-refractivity contribution in [2.75, 3.05) is 0 Å². The van der Waals surface area contributed by atoms with E-state index in [0.717, 1.165) is 22.4 Å². The molecule has 0 saturated heterocycles. The first-order valence-corrected chi connectivity index (χ1v) is 8.33. The van der Waals surface area contributed by atoms with E-state index in [4.69, 9.17) is 10.5 Å². The Morgan fingerprint density at radius 3 is 2.26 bits per heavy atom. The van der Waals surface area contributed by atoms with Gasteiger partial charge in [0.25, 0.3) is 0 Å². The van der Waals surface area contributed by atoms with Gasteiger partial charge in [0.05, 0.1) is 0 Å². The maximum atomic E-state index is 8.95. The lowest BCUT2D eigenvalue weighted by molar-refractivity contribution is 1.25. The summed E-state index contributed by atoms with van der Waals surface area (Å²) in [6.07, 6.45) is 1.67. The van der Waals surface area contributed by atoms with Crippen molar-refractivity contribution < 1.29 is 0 Å². The van der Waals surface area contributed by atoms with E-state index in [0.29, 0.717) is 0 Å². The second-order valence-corrected chi connectivity index (χ2v) is 6.57. The molecule has 2 nitrogen and oxygen atoms in total. The average molecular weight is 318 g/mol. The van der Waals surface area contributed by atoms with Gasteiger partial charge in [0.2, 0.25) is 0 Å². The van der Waals surface area contributed by atoms with Crippen LogP contribution in [0.2, 0.25) is 0 Å². The highest BCUT2D eigenvalue weighted by Crippen LogP contribution is 2.27. The van der Waals surface area contributed by atoms with Crippen LogP contribution in [0.15, 0.2) is 46.9 Å². The van der Waals surface area contributed by atoms with Crippen molar-refractivity contribution in [1.82, 2.24) is 0 Å². The fraction of sp³-hybridized carbons (Fsp3) is 0.200. The van der Waals surface area contributed by atoms with Crippen LogP contribution in [0.3, 0.4) is 0 Å². The van der Waals surface area contributed by atoms with E-state index in [2.05, 4.69) is 37.3 Å². The molecule has 0 bridgehead atoms. The van der Waals surface area contributed by atoms with Crippen molar-refractivity contribution in [2.24, 2.45) is 0 Å². The number of nitrogens with zero attached hydrogens (tertiary/aromatic N) is 2. The van der Waals surface area contributed by atoms with E-state index in [9.17, 15) is 0 Å². The highest BCUT2D eigenvalue weighted by molar-refractivity contribution is 7.98. The van der Waals surface area contributed by atoms with E-state index in [-0.39, 0.29) is 5.57 Å². The van der Waals surface area contributed by atoms with Crippen LogP contribution in [0, 0.1) is 43.4 Å². The maximum absolute atomic E-state index is 8.95. The van der Waals surface area contributed by atoms with Crippen molar-refractivity contribution in [3.63, 3.8) is 0 Å². The standard InChI is InChI=1S/C20H18N2S/c1-14-4-6-20(7-5-14)23-13-19-9-15(2)8-18(16(19)3)10-17(11-21)12-22/h4-10H,13H2,1-3H3. The molecule has 0 saturated carbocycles. The van der Waals surface area contributed by atoms with Crippen LogP contribution in [-0.2, 0) is 5.75 Å². The first-order valence-electron chi connectivity index (χ1n) is 7.35. The zero-order chi connectivity index (χ0) is 16.8. The largest absolute Gasteiger partial charge is 0.192 e. The Kier molecular flexibility index (Phi) is 5.63. The van der Waals surface area contributed by atoms with Crippen molar-refractivity contribution in [1.29, 1.82) is 10.5 Å². The number of allylic oxidation sites excluding steroid dienone is 1. The quantitative estimate of drug-likeness (QED) is 0.565. The predicted octanol–water partition coefficient (Wildman–Crippen LogP) is 5.33. The third-order valence-corrected chi connectivity index (χ3v) is 4.72. The summed E-state index contributed by atoms with van der Waals surface area (Å²) >= 11 is 1.79. The normalized spacial score (nSPS) is 9.78. The van der Waals surface area contributed by atoms with Gasteiger partial charge in [-0.15, -0.1) is 11.8 Å². The zero-order valence-corrected chi connectivity index (χ0v) is 14.4. The summed E-state index contributed by atoms with van der Waals surface area (Å²) in [6.45, 7) is 6.16. The fourth-order valence-corrected chi connectivity index (χ4v) is 3.25. The molecule has 0 aliphatic heterocycles. The topological polar surface area (TPSA) is 47.6 Å². The third kappa shape index (κ3) is 4.49. The molecular weight excluding hydrogens is 300 g/mol. The molecule has 0 atom stereocenters. The number of rotatable bonds is 4. The van der Waals surface area contributed by atoms with Gasteiger partial charge in [-0.05, 0) is 55.7 Å². The van der Waals surface area contributed by atoms with Gasteiger partial charge in [-0.3, -0.25) is 0 Å². The van der Waals surface area contributed by atoms with Gasteiger partial charge in [0, 0.05) is 10.6 Å². The van der Waals surface area contributed by atoms with Crippen LogP contribution in [0.1, 0.15) is 27.8 Å². The van der Waals surface area contributed by atoms with Crippen LogP contribution in [0.5, 0.6) is 0 Å². The summed E-state index contributed by atoms with van der Waals surface area (Å²) in [4.78, 5) is 1.24. The minimum atomic E-state index is 0.135. The Morgan fingerprint density at radius 1 is 1.00 bits per heavy atom. The molecule has 0 unspecified atom stereocenters. The molecule has 0 heterocycles. The van der Waals surface area contributed by atoms with Gasteiger partial charge in [-0.25, -0.2) is 0 Å². The lowest BCUT2D eigenvalue weighted by Crippen LogP contribution is -1.93. The minimum Gasteiger partial charge on any atom is -0.192 e. The molecule has 23 heavy (non-hydrogen) atoms. The lowest BCUT2D eigenvalue weighted by atomic mass is 9.98. The summed E-state index contributed by atoms with van der Waals surface area (Å²) in [7, 11) is 0. The first-order chi connectivity index (χ1) is 11.0. The summed E-state index contributed by atoms with van der Waals surface area (Å²) < 4.78 is 0. The molecule has 0 spiro atoms. The van der Waals surface area contributed by atoms with E-state index in [1.807, 2.05) is 32.1 Å². The summed E-state index contributed by atoms with van der Waals surface area (Å²) in [6, 6.07) is 16.5. The van der Waals surface area contributed by atoms with Crippen LogP contribution in [-0.4, -0.2) is 0 Å². The van der Waals surface area contributed by atoms with Gasteiger partial charge in [-0.2, -0.15) is 10.5 Å². The fourth-order valence-electron chi connectivity index (χ4n) is 2.30. The third-order valence-electron chi connectivity index (χ3n) is 3.66. The Morgan fingerprint density at radius 2 is 1.65 bits per heavy atom. The Hall–Kier alpha value is -2.49. The SMILES string of the molecule is Cc1ccc(SCc2cc(C)cc(C=C(C#N)C#N)c2C)cc1. The number of aryl methyl sites for hydroxylation is 2. The van der Waals surface area contributed by atoms with Gasteiger partial charge < -0.3 is 0 Å². The maximum Gasteiger partial charge on any atom is 0.130 e. The summed E-state index contributed by atoms with van der Waals surface area (Å²) in [5.74, 6) is 0.867. The Labute approximate surface area is 142 Å². The number of hydrogen-bond donors (Lipinski definition) is 0. The van der Waals surface area contributed by atoms with Gasteiger partial charge >= 0.3 is 0 Å². The monoisotopic (exact) mass is 318 g/mol. The van der Waals surface area contributed by atoms with Gasteiger partial charge in [-0.1, -0.05) is 35.4 Å². The highest BCUT2D eigenvalue weighted by Gasteiger charge is 2.07. The molecule has 0 fully saturated rings. The average Bonchev–Trinajstić information content (AvgIpc) is 2.55. The van der Waals surface area contributed by atoms with Crippen LogP contribution >= 0.6 is 11.8 Å². The molecule has 0 aliphatic rings. The highest BCUT2D eigenvalue weighted by atomic mass is 32.2. The van der Waals surface area contributed by atoms with Crippen molar-refractivity contribution in [2.45, 2.75) is 31.4 Å². The molecular formula is C20H18N2S. The molecule has 0 aliphatic carbocycles. The molecule has 3 heteroatoms. The lowest BCUT2D eigenvalue weighted by Gasteiger charge is -2.11. The second kappa shape index (κ2) is 7.68. The zero-order valence-electron chi connectivity index (χ0n) is 13.6. The number of benzene rings is 2. The summed E-state index contributed by atoms with van der Waals surface area (Å²) in [5, 5.41) is 17.9. The molecule has 2 rings (SSSR count). The summed E-state index contributed by atoms with van der Waals surface area (Å²) in [5.41, 5.74) is 5.83. The molecule has 0 aromatic heterocycles. The van der Waals surface area contributed by atoms with E-state index in [1.54, 1.807) is 17.8 Å². The number of thioether (sulfide) groups is 1. The second-order valence-electron chi connectivity index (χ2n) is 5.52.